The number of rotatable bonds is 2. The highest BCUT2D eigenvalue weighted by atomic mass is 15.3. The molecule has 0 aliphatic heterocycles. The molecule has 0 atom stereocenters. The SMILES string of the molecule is CNC(C)(C)c1nnc2ccccn12. The molecule has 4 nitrogen and oxygen atoms in total. The molecule has 0 aromatic carbocycles. The van der Waals surface area contributed by atoms with Crippen molar-refractivity contribution < 1.29 is 0 Å². The van der Waals surface area contributed by atoms with E-state index in [4.69, 9.17) is 0 Å². The van der Waals surface area contributed by atoms with Crippen LogP contribution in [0.5, 0.6) is 0 Å². The minimum atomic E-state index is -0.166. The molecule has 0 bridgehead atoms. The van der Waals surface area contributed by atoms with Gasteiger partial charge in [0, 0.05) is 6.20 Å². The van der Waals surface area contributed by atoms with Crippen molar-refractivity contribution >= 4 is 5.65 Å². The third kappa shape index (κ3) is 1.28. The van der Waals surface area contributed by atoms with Crippen LogP contribution in [0.3, 0.4) is 0 Å². The third-order valence-electron chi connectivity index (χ3n) is 2.50. The Morgan fingerprint density at radius 2 is 2.07 bits per heavy atom. The number of nitrogens with zero attached hydrogens (tertiary/aromatic N) is 3. The summed E-state index contributed by atoms with van der Waals surface area (Å²) in [6.45, 7) is 4.16. The van der Waals surface area contributed by atoms with Crippen molar-refractivity contribution in [1.82, 2.24) is 19.9 Å². The zero-order chi connectivity index (χ0) is 10.2. The molecule has 0 fully saturated rings. The fraction of sp³-hybridized carbons (Fsp3) is 0.400. The predicted octanol–water partition coefficient (Wildman–Crippen LogP) is 1.18. The van der Waals surface area contributed by atoms with Gasteiger partial charge in [-0.25, -0.2) is 0 Å². The summed E-state index contributed by atoms with van der Waals surface area (Å²) in [7, 11) is 1.92. The molecule has 4 heteroatoms. The van der Waals surface area contributed by atoms with Gasteiger partial charge in [0.1, 0.15) is 0 Å². The van der Waals surface area contributed by atoms with E-state index in [-0.39, 0.29) is 5.54 Å². The summed E-state index contributed by atoms with van der Waals surface area (Å²) >= 11 is 0. The summed E-state index contributed by atoms with van der Waals surface area (Å²) in [5, 5.41) is 11.5. The van der Waals surface area contributed by atoms with Crippen LogP contribution in [0.4, 0.5) is 0 Å². The lowest BCUT2D eigenvalue weighted by Crippen LogP contribution is -2.35. The number of pyridine rings is 1. The Balaban J connectivity index is 2.64. The molecule has 14 heavy (non-hydrogen) atoms. The first-order chi connectivity index (χ1) is 6.65. The molecule has 1 N–H and O–H groups in total. The quantitative estimate of drug-likeness (QED) is 0.773. The average molecular weight is 190 g/mol. The fourth-order valence-corrected chi connectivity index (χ4v) is 1.38. The zero-order valence-corrected chi connectivity index (χ0v) is 8.65. The number of nitrogens with one attached hydrogen (secondary N) is 1. The first kappa shape index (κ1) is 9.15. The highest BCUT2D eigenvalue weighted by Gasteiger charge is 2.23. The molecule has 2 aromatic heterocycles. The van der Waals surface area contributed by atoms with Crippen LogP contribution in [0.2, 0.25) is 0 Å². The predicted molar refractivity (Wildman–Crippen MR) is 55.1 cm³/mol. The molecule has 0 unspecified atom stereocenters. The van der Waals surface area contributed by atoms with Crippen molar-refractivity contribution in [2.45, 2.75) is 19.4 Å². The lowest BCUT2D eigenvalue weighted by atomic mass is 10.1. The van der Waals surface area contributed by atoms with Crippen LogP contribution in [0.15, 0.2) is 24.4 Å². The summed E-state index contributed by atoms with van der Waals surface area (Å²) < 4.78 is 2.00. The lowest BCUT2D eigenvalue weighted by Gasteiger charge is -2.21. The van der Waals surface area contributed by atoms with Gasteiger partial charge in [-0.2, -0.15) is 0 Å². The maximum atomic E-state index is 4.19. The van der Waals surface area contributed by atoms with Gasteiger partial charge in [-0.1, -0.05) is 6.07 Å². The monoisotopic (exact) mass is 190 g/mol. The minimum Gasteiger partial charge on any atom is -0.308 e. The van der Waals surface area contributed by atoms with Crippen LogP contribution >= 0.6 is 0 Å². The van der Waals surface area contributed by atoms with Crippen molar-refractivity contribution in [2.75, 3.05) is 7.05 Å². The second-order valence-electron chi connectivity index (χ2n) is 3.83. The molecule has 0 saturated carbocycles. The van der Waals surface area contributed by atoms with E-state index in [0.29, 0.717) is 0 Å². The molecule has 0 amide bonds. The van der Waals surface area contributed by atoms with Crippen molar-refractivity contribution in [3.05, 3.63) is 30.2 Å². The fourth-order valence-electron chi connectivity index (χ4n) is 1.38. The lowest BCUT2D eigenvalue weighted by molar-refractivity contribution is 0.413. The van der Waals surface area contributed by atoms with E-state index in [1.54, 1.807) is 0 Å². The Morgan fingerprint density at radius 3 is 2.79 bits per heavy atom. The molecule has 0 aliphatic rings. The van der Waals surface area contributed by atoms with E-state index >= 15 is 0 Å². The van der Waals surface area contributed by atoms with Crippen LogP contribution in [-0.2, 0) is 5.54 Å². The molecule has 2 heterocycles. The molecule has 0 radical (unpaired) electrons. The number of fused-ring (bicyclic) bond motifs is 1. The maximum Gasteiger partial charge on any atom is 0.160 e. The number of hydrogen-bond donors (Lipinski definition) is 1. The van der Waals surface area contributed by atoms with Gasteiger partial charge in [-0.05, 0) is 33.0 Å². The second kappa shape index (κ2) is 3.06. The van der Waals surface area contributed by atoms with E-state index in [2.05, 4.69) is 29.4 Å². The number of hydrogen-bond acceptors (Lipinski definition) is 3. The molecule has 2 rings (SSSR count). The first-order valence-electron chi connectivity index (χ1n) is 4.64. The summed E-state index contributed by atoms with van der Waals surface area (Å²) in [5.41, 5.74) is 0.714. The summed E-state index contributed by atoms with van der Waals surface area (Å²) in [5.74, 6) is 0.926. The summed E-state index contributed by atoms with van der Waals surface area (Å²) in [6, 6.07) is 5.88. The van der Waals surface area contributed by atoms with Gasteiger partial charge in [0.25, 0.3) is 0 Å². The van der Waals surface area contributed by atoms with E-state index in [1.165, 1.54) is 0 Å². The molecule has 74 valence electrons. The minimum absolute atomic E-state index is 0.166. The third-order valence-corrected chi connectivity index (χ3v) is 2.50. The van der Waals surface area contributed by atoms with Crippen LogP contribution in [-0.4, -0.2) is 21.6 Å². The Labute approximate surface area is 83.0 Å². The standard InChI is InChI=1S/C10H14N4/c1-10(2,11-3)9-13-12-8-6-4-5-7-14(8)9/h4-7,11H,1-3H3. The molecule has 2 aromatic rings. The molecule has 0 aliphatic carbocycles. The van der Waals surface area contributed by atoms with Crippen LogP contribution in [0, 0.1) is 0 Å². The van der Waals surface area contributed by atoms with Gasteiger partial charge in [0.15, 0.2) is 11.5 Å². The van der Waals surface area contributed by atoms with Gasteiger partial charge in [-0.3, -0.25) is 4.40 Å². The van der Waals surface area contributed by atoms with E-state index < -0.39 is 0 Å². The molecular formula is C10H14N4. The second-order valence-corrected chi connectivity index (χ2v) is 3.83. The van der Waals surface area contributed by atoms with Crippen molar-refractivity contribution in [2.24, 2.45) is 0 Å². The van der Waals surface area contributed by atoms with Gasteiger partial charge in [0.2, 0.25) is 0 Å². The van der Waals surface area contributed by atoms with Crippen molar-refractivity contribution in [3.8, 4) is 0 Å². The van der Waals surface area contributed by atoms with Gasteiger partial charge in [0.05, 0.1) is 5.54 Å². The van der Waals surface area contributed by atoms with E-state index in [0.717, 1.165) is 11.5 Å². The summed E-state index contributed by atoms with van der Waals surface area (Å²) in [6.07, 6.45) is 1.98. The van der Waals surface area contributed by atoms with Crippen molar-refractivity contribution in [1.29, 1.82) is 0 Å². The Hall–Kier alpha value is -1.42. The smallest absolute Gasteiger partial charge is 0.160 e. The Bertz CT molecular complexity index is 444. The van der Waals surface area contributed by atoms with Gasteiger partial charge < -0.3 is 5.32 Å². The van der Waals surface area contributed by atoms with Crippen LogP contribution in [0.25, 0.3) is 5.65 Å². The zero-order valence-electron chi connectivity index (χ0n) is 8.65. The normalized spacial score (nSPS) is 12.2. The van der Waals surface area contributed by atoms with Crippen LogP contribution in [0.1, 0.15) is 19.7 Å². The molecular weight excluding hydrogens is 176 g/mol. The molecule has 0 spiro atoms. The summed E-state index contributed by atoms with van der Waals surface area (Å²) in [4.78, 5) is 0. The maximum absolute atomic E-state index is 4.19. The highest BCUT2D eigenvalue weighted by molar-refractivity contribution is 5.38. The van der Waals surface area contributed by atoms with Gasteiger partial charge in [-0.15, -0.1) is 10.2 Å². The van der Waals surface area contributed by atoms with Gasteiger partial charge >= 0.3 is 0 Å². The number of aromatic nitrogens is 3. The Morgan fingerprint density at radius 1 is 1.29 bits per heavy atom. The highest BCUT2D eigenvalue weighted by Crippen LogP contribution is 2.17. The molecule has 0 saturated heterocycles. The topological polar surface area (TPSA) is 42.2 Å². The average Bonchev–Trinajstić information content (AvgIpc) is 2.61. The largest absolute Gasteiger partial charge is 0.308 e. The van der Waals surface area contributed by atoms with Crippen LogP contribution < -0.4 is 5.32 Å². The van der Waals surface area contributed by atoms with E-state index in [9.17, 15) is 0 Å². The first-order valence-corrected chi connectivity index (χ1v) is 4.64. The van der Waals surface area contributed by atoms with Crippen molar-refractivity contribution in [3.63, 3.8) is 0 Å². The Kier molecular flexibility index (Phi) is 2.00. The van der Waals surface area contributed by atoms with E-state index in [1.807, 2.05) is 35.8 Å².